The number of nitrogens with zero attached hydrogens (tertiary/aromatic N) is 3. The Bertz CT molecular complexity index is 1280. The van der Waals surface area contributed by atoms with Crippen LogP contribution in [0.1, 0.15) is 20.9 Å². The molecule has 9 heteroatoms. The van der Waals surface area contributed by atoms with Crippen LogP contribution in [0.3, 0.4) is 0 Å². The Morgan fingerprint density at radius 2 is 1.94 bits per heavy atom. The van der Waals surface area contributed by atoms with Gasteiger partial charge in [-0.15, -0.1) is 11.3 Å². The zero-order chi connectivity index (χ0) is 22.1. The highest BCUT2D eigenvalue weighted by Crippen LogP contribution is 2.33. The Hall–Kier alpha value is -3.23. The molecule has 3 heterocycles. The summed E-state index contributed by atoms with van der Waals surface area (Å²) in [5.74, 6) is 0.451. The maximum absolute atomic E-state index is 13.1. The second kappa shape index (κ2) is 8.49. The average molecular weight is 455 g/mol. The molecule has 0 bridgehead atoms. The fourth-order valence-electron chi connectivity index (χ4n) is 3.27. The molecule has 31 heavy (non-hydrogen) atoms. The smallest absolute Gasteiger partial charge is 0.264 e. The minimum absolute atomic E-state index is 0.111. The number of furan rings is 1. The number of amides is 2. The molecule has 0 aliphatic rings. The number of benzene rings is 1. The Morgan fingerprint density at radius 3 is 2.65 bits per heavy atom. The third-order valence-corrected chi connectivity index (χ3v) is 6.29. The molecule has 158 valence electrons. The number of halogens is 1. The molecule has 4 rings (SSSR count). The van der Waals surface area contributed by atoms with Gasteiger partial charge < -0.3 is 14.6 Å². The first kappa shape index (κ1) is 21.0. The van der Waals surface area contributed by atoms with Crippen molar-refractivity contribution < 1.29 is 14.0 Å². The summed E-state index contributed by atoms with van der Waals surface area (Å²) in [5, 5.41) is 4.01. The maximum Gasteiger partial charge on any atom is 0.264 e. The first-order chi connectivity index (χ1) is 14.8. The van der Waals surface area contributed by atoms with Crippen molar-refractivity contribution in [3.05, 3.63) is 63.8 Å². The predicted octanol–water partition coefficient (Wildman–Crippen LogP) is 4.93. The van der Waals surface area contributed by atoms with Crippen LogP contribution in [-0.2, 0) is 4.79 Å². The number of hydrogen-bond donors (Lipinski definition) is 1. The second-order valence-corrected chi connectivity index (χ2v) is 8.44. The average Bonchev–Trinajstić information content (AvgIpc) is 3.37. The summed E-state index contributed by atoms with van der Waals surface area (Å²) in [5.41, 5.74) is 2.07. The van der Waals surface area contributed by atoms with Gasteiger partial charge in [0.2, 0.25) is 5.91 Å². The molecule has 4 aromatic rings. The second-order valence-electron chi connectivity index (χ2n) is 7.04. The van der Waals surface area contributed by atoms with E-state index in [1.165, 1.54) is 16.2 Å². The van der Waals surface area contributed by atoms with E-state index in [1.54, 1.807) is 49.7 Å². The number of nitrogens with one attached hydrogen (secondary N) is 1. The Balaban J connectivity index is 1.57. The van der Waals surface area contributed by atoms with Gasteiger partial charge in [-0.25, -0.2) is 9.97 Å². The van der Waals surface area contributed by atoms with Gasteiger partial charge in [-0.3, -0.25) is 9.59 Å². The number of anilines is 1. The van der Waals surface area contributed by atoms with Gasteiger partial charge in [-0.05, 0) is 43.7 Å². The topological polar surface area (TPSA) is 88.3 Å². The number of fused-ring (bicyclic) bond motifs is 1. The van der Waals surface area contributed by atoms with Crippen LogP contribution in [0.4, 0.5) is 5.69 Å². The van der Waals surface area contributed by atoms with Gasteiger partial charge in [-0.1, -0.05) is 23.7 Å². The highest BCUT2D eigenvalue weighted by atomic mass is 35.5. The van der Waals surface area contributed by atoms with Crippen molar-refractivity contribution in [2.45, 2.75) is 13.8 Å². The lowest BCUT2D eigenvalue weighted by Crippen LogP contribution is -2.34. The molecular weight excluding hydrogens is 436 g/mol. The van der Waals surface area contributed by atoms with Gasteiger partial charge in [0.15, 0.2) is 11.6 Å². The van der Waals surface area contributed by atoms with Crippen LogP contribution < -0.4 is 5.32 Å². The quantitative estimate of drug-likeness (QED) is 0.461. The van der Waals surface area contributed by atoms with Gasteiger partial charge in [0.05, 0.1) is 34.1 Å². The lowest BCUT2D eigenvalue weighted by Gasteiger charge is -2.16. The number of aryl methyl sites for hydroxylation is 2. The number of aromatic nitrogens is 2. The first-order valence-electron chi connectivity index (χ1n) is 9.46. The number of para-hydroxylation sites is 1. The Labute approximate surface area is 187 Å². The number of carbonyl (C=O) groups is 2. The lowest BCUT2D eigenvalue weighted by atomic mass is 10.1. The normalized spacial score (nSPS) is 11.0. The fraction of sp³-hybridized carbons (Fsp3) is 0.182. The highest BCUT2D eigenvalue weighted by Gasteiger charge is 2.23. The molecule has 0 unspecified atom stereocenters. The minimum atomic E-state index is -0.334. The summed E-state index contributed by atoms with van der Waals surface area (Å²) < 4.78 is 5.40. The minimum Gasteiger partial charge on any atom is -0.461 e. The monoisotopic (exact) mass is 454 g/mol. The predicted molar refractivity (Wildman–Crippen MR) is 122 cm³/mol. The van der Waals surface area contributed by atoms with Gasteiger partial charge in [0, 0.05) is 12.4 Å². The third-order valence-electron chi connectivity index (χ3n) is 4.78. The maximum atomic E-state index is 13.1. The van der Waals surface area contributed by atoms with Crippen molar-refractivity contribution in [2.75, 3.05) is 18.9 Å². The molecule has 3 aromatic heterocycles. The number of carbonyl (C=O) groups excluding carboxylic acids is 2. The molecule has 0 aliphatic heterocycles. The fourth-order valence-corrected chi connectivity index (χ4v) is 4.68. The molecule has 0 saturated carbocycles. The van der Waals surface area contributed by atoms with Crippen LogP contribution in [0, 0.1) is 13.8 Å². The zero-order valence-electron chi connectivity index (χ0n) is 17.1. The standard InChI is InChI=1S/C22H19ClN4O3S/c1-12-18-13(2)24-20(16-9-6-10-30-16)26-21(18)31-19(12)22(29)27(3)11-17(28)25-15-8-5-4-7-14(15)23/h4-10H,11H2,1-3H3,(H,25,28). The molecule has 0 radical (unpaired) electrons. The number of likely N-dealkylation sites (N-methyl/N-ethyl adjacent to an activating group) is 1. The number of rotatable bonds is 5. The van der Waals surface area contributed by atoms with Crippen molar-refractivity contribution in [1.29, 1.82) is 0 Å². The highest BCUT2D eigenvalue weighted by molar-refractivity contribution is 7.20. The Kier molecular flexibility index (Phi) is 5.75. The van der Waals surface area contributed by atoms with Crippen LogP contribution in [0.2, 0.25) is 5.02 Å². The van der Waals surface area contributed by atoms with E-state index >= 15 is 0 Å². The molecular formula is C22H19ClN4O3S. The van der Waals surface area contributed by atoms with Gasteiger partial charge >= 0.3 is 0 Å². The van der Waals surface area contributed by atoms with E-state index in [-0.39, 0.29) is 18.4 Å². The van der Waals surface area contributed by atoms with Crippen LogP contribution in [0.5, 0.6) is 0 Å². The van der Waals surface area contributed by atoms with Crippen molar-refractivity contribution in [1.82, 2.24) is 14.9 Å². The van der Waals surface area contributed by atoms with Crippen molar-refractivity contribution >= 4 is 50.7 Å². The summed E-state index contributed by atoms with van der Waals surface area (Å²) in [4.78, 5) is 37.2. The van der Waals surface area contributed by atoms with E-state index < -0.39 is 0 Å². The summed E-state index contributed by atoms with van der Waals surface area (Å²) in [6.45, 7) is 3.64. The molecule has 1 N–H and O–H groups in total. The van der Waals surface area contributed by atoms with Gasteiger partial charge in [0.25, 0.3) is 5.91 Å². The third kappa shape index (κ3) is 4.17. The van der Waals surface area contributed by atoms with E-state index in [2.05, 4.69) is 15.3 Å². The van der Waals surface area contributed by atoms with Crippen molar-refractivity contribution in [3.8, 4) is 11.6 Å². The molecule has 0 fully saturated rings. The van der Waals surface area contributed by atoms with Crippen LogP contribution in [0.25, 0.3) is 21.8 Å². The van der Waals surface area contributed by atoms with E-state index in [1.807, 2.05) is 13.8 Å². The summed E-state index contributed by atoms with van der Waals surface area (Å²) in [6.07, 6.45) is 1.56. The van der Waals surface area contributed by atoms with E-state index in [0.29, 0.717) is 32.0 Å². The molecule has 0 saturated heterocycles. The van der Waals surface area contributed by atoms with Crippen molar-refractivity contribution in [2.24, 2.45) is 0 Å². The van der Waals surface area contributed by atoms with E-state index in [4.69, 9.17) is 16.0 Å². The van der Waals surface area contributed by atoms with Crippen LogP contribution >= 0.6 is 22.9 Å². The largest absolute Gasteiger partial charge is 0.461 e. The SMILES string of the molecule is Cc1nc(-c2ccco2)nc2sc(C(=O)N(C)CC(=O)Nc3ccccc3Cl)c(C)c12. The summed E-state index contributed by atoms with van der Waals surface area (Å²) in [6, 6.07) is 10.5. The lowest BCUT2D eigenvalue weighted by molar-refractivity contribution is -0.116. The molecule has 0 spiro atoms. The summed E-state index contributed by atoms with van der Waals surface area (Å²) >= 11 is 7.36. The van der Waals surface area contributed by atoms with E-state index in [0.717, 1.165) is 16.6 Å². The number of hydrogen-bond acceptors (Lipinski definition) is 6. The molecule has 7 nitrogen and oxygen atoms in total. The van der Waals surface area contributed by atoms with Gasteiger partial charge in [0.1, 0.15) is 4.83 Å². The van der Waals surface area contributed by atoms with Crippen LogP contribution in [0.15, 0.2) is 47.1 Å². The molecule has 0 atom stereocenters. The molecule has 2 amide bonds. The zero-order valence-corrected chi connectivity index (χ0v) is 18.7. The van der Waals surface area contributed by atoms with Crippen LogP contribution in [-0.4, -0.2) is 40.3 Å². The molecule has 0 aliphatic carbocycles. The van der Waals surface area contributed by atoms with E-state index in [9.17, 15) is 9.59 Å². The first-order valence-corrected chi connectivity index (χ1v) is 10.7. The molecule has 1 aromatic carbocycles. The van der Waals surface area contributed by atoms with Crippen molar-refractivity contribution in [3.63, 3.8) is 0 Å². The summed E-state index contributed by atoms with van der Waals surface area (Å²) in [7, 11) is 1.59. The number of thiophene rings is 1. The van der Waals surface area contributed by atoms with Gasteiger partial charge in [-0.2, -0.15) is 0 Å². The Morgan fingerprint density at radius 1 is 1.16 bits per heavy atom.